The van der Waals surface area contributed by atoms with Crippen molar-refractivity contribution in [2.24, 2.45) is 5.92 Å². The van der Waals surface area contributed by atoms with Gasteiger partial charge in [0.2, 0.25) is 0 Å². The second kappa shape index (κ2) is 6.86. The maximum atomic E-state index is 12.5. The number of aromatic nitrogens is 1. The molecule has 2 aromatic rings. The van der Waals surface area contributed by atoms with Gasteiger partial charge in [0, 0.05) is 30.2 Å². The number of para-hydroxylation sites is 1. The molecule has 0 bridgehead atoms. The lowest BCUT2D eigenvalue weighted by Crippen LogP contribution is -2.43. The minimum atomic E-state index is -0.512. The number of ketones is 1. The highest BCUT2D eigenvalue weighted by atomic mass is 16.5. The van der Waals surface area contributed by atoms with Crippen molar-refractivity contribution in [3.63, 3.8) is 0 Å². The number of benzene rings is 1. The monoisotopic (exact) mass is 328 g/mol. The highest BCUT2D eigenvalue weighted by molar-refractivity contribution is 6.44. The fourth-order valence-electron chi connectivity index (χ4n) is 3.10. The molecule has 1 amide bonds. The number of aromatic amines is 1. The van der Waals surface area contributed by atoms with Gasteiger partial charge in [-0.15, -0.1) is 0 Å². The van der Waals surface area contributed by atoms with Crippen molar-refractivity contribution in [3.8, 4) is 0 Å². The molecule has 0 radical (unpaired) electrons. The second-order valence-electron chi connectivity index (χ2n) is 5.90. The van der Waals surface area contributed by atoms with Gasteiger partial charge in [0.25, 0.3) is 11.7 Å². The zero-order valence-corrected chi connectivity index (χ0v) is 13.6. The third-order valence-electron chi connectivity index (χ3n) is 4.43. The minimum Gasteiger partial charge on any atom is -0.466 e. The van der Waals surface area contributed by atoms with Crippen LogP contribution >= 0.6 is 0 Å². The lowest BCUT2D eigenvalue weighted by atomic mass is 9.96. The maximum Gasteiger partial charge on any atom is 0.309 e. The molecule has 0 saturated carbocycles. The van der Waals surface area contributed by atoms with Gasteiger partial charge in [-0.3, -0.25) is 14.4 Å². The van der Waals surface area contributed by atoms with E-state index in [1.165, 1.54) is 4.90 Å². The van der Waals surface area contributed by atoms with Gasteiger partial charge in [-0.25, -0.2) is 0 Å². The summed E-state index contributed by atoms with van der Waals surface area (Å²) in [7, 11) is 0. The number of hydrogen-bond donors (Lipinski definition) is 1. The van der Waals surface area contributed by atoms with E-state index < -0.39 is 11.7 Å². The van der Waals surface area contributed by atoms with Crippen LogP contribution in [0, 0.1) is 5.92 Å². The molecule has 0 spiro atoms. The van der Waals surface area contributed by atoms with Gasteiger partial charge >= 0.3 is 5.97 Å². The van der Waals surface area contributed by atoms with Crippen molar-refractivity contribution in [3.05, 3.63) is 36.0 Å². The largest absolute Gasteiger partial charge is 0.466 e. The van der Waals surface area contributed by atoms with Gasteiger partial charge in [-0.2, -0.15) is 0 Å². The predicted molar refractivity (Wildman–Crippen MR) is 88.6 cm³/mol. The smallest absolute Gasteiger partial charge is 0.309 e. The molecule has 1 aromatic carbocycles. The quantitative estimate of drug-likeness (QED) is 0.530. The lowest BCUT2D eigenvalue weighted by Gasteiger charge is -2.30. The molecule has 1 aliphatic heterocycles. The predicted octanol–water partition coefficient (Wildman–Crippen LogP) is 2.15. The van der Waals surface area contributed by atoms with E-state index in [0.717, 1.165) is 10.9 Å². The number of fused-ring (bicyclic) bond motifs is 1. The SMILES string of the molecule is CCOC(=O)C1CCN(C(=O)C(=O)c2c[nH]c3ccccc23)CC1. The average molecular weight is 328 g/mol. The molecule has 0 unspecified atom stereocenters. The number of nitrogens with one attached hydrogen (secondary N) is 1. The number of ether oxygens (including phenoxy) is 1. The Morgan fingerprint density at radius 2 is 1.92 bits per heavy atom. The molecule has 1 aromatic heterocycles. The van der Waals surface area contributed by atoms with Gasteiger partial charge in [0.1, 0.15) is 0 Å². The summed E-state index contributed by atoms with van der Waals surface area (Å²) in [5, 5.41) is 0.747. The Kier molecular flexibility index (Phi) is 4.64. The number of H-pyrrole nitrogens is 1. The number of nitrogens with zero attached hydrogens (tertiary/aromatic N) is 1. The van der Waals surface area contributed by atoms with Crippen LogP contribution in [0.3, 0.4) is 0 Å². The Morgan fingerprint density at radius 3 is 2.62 bits per heavy atom. The number of esters is 1. The average Bonchev–Trinajstić information content (AvgIpc) is 3.05. The normalized spacial score (nSPS) is 15.5. The fourth-order valence-corrected chi connectivity index (χ4v) is 3.10. The molecular weight excluding hydrogens is 308 g/mol. The van der Waals surface area contributed by atoms with Gasteiger partial charge in [0.15, 0.2) is 0 Å². The number of amides is 1. The van der Waals surface area contributed by atoms with Crippen LogP contribution in [0.4, 0.5) is 0 Å². The molecule has 2 heterocycles. The molecule has 1 saturated heterocycles. The summed E-state index contributed by atoms with van der Waals surface area (Å²) in [6.07, 6.45) is 2.65. The standard InChI is InChI=1S/C18H20N2O4/c1-2-24-18(23)12-7-9-20(10-8-12)17(22)16(21)14-11-19-15-6-4-3-5-13(14)15/h3-6,11-12,19H,2,7-10H2,1H3. The summed E-state index contributed by atoms with van der Waals surface area (Å²) in [5.74, 6) is -1.42. The van der Waals surface area contributed by atoms with Crippen LogP contribution in [0.15, 0.2) is 30.5 Å². The van der Waals surface area contributed by atoms with E-state index in [1.54, 1.807) is 13.1 Å². The Morgan fingerprint density at radius 1 is 1.21 bits per heavy atom. The summed E-state index contributed by atoms with van der Waals surface area (Å²) in [6, 6.07) is 7.39. The molecule has 0 atom stereocenters. The molecular formula is C18H20N2O4. The zero-order chi connectivity index (χ0) is 17.1. The summed E-state index contributed by atoms with van der Waals surface area (Å²) in [4.78, 5) is 41.3. The molecule has 24 heavy (non-hydrogen) atoms. The molecule has 126 valence electrons. The molecule has 1 fully saturated rings. The van der Waals surface area contributed by atoms with Crippen molar-refractivity contribution in [1.82, 2.24) is 9.88 Å². The maximum absolute atomic E-state index is 12.5. The summed E-state index contributed by atoms with van der Waals surface area (Å²) in [6.45, 7) is 2.93. The number of carbonyl (C=O) groups is 3. The molecule has 6 nitrogen and oxygen atoms in total. The Bertz CT molecular complexity index is 772. The van der Waals surface area contributed by atoms with Crippen LogP contribution in [0.5, 0.6) is 0 Å². The molecule has 6 heteroatoms. The van der Waals surface area contributed by atoms with Crippen LogP contribution in [-0.2, 0) is 14.3 Å². The molecule has 1 aliphatic rings. The Labute approximate surface area is 139 Å². The number of piperidine rings is 1. The number of rotatable bonds is 4. The van der Waals surface area contributed by atoms with Gasteiger partial charge in [-0.1, -0.05) is 18.2 Å². The topological polar surface area (TPSA) is 79.5 Å². The molecule has 3 rings (SSSR count). The Balaban J connectivity index is 1.67. The van der Waals surface area contributed by atoms with Crippen LogP contribution in [0.25, 0.3) is 10.9 Å². The van der Waals surface area contributed by atoms with Crippen LogP contribution < -0.4 is 0 Å². The molecule has 1 N–H and O–H groups in total. The first-order chi connectivity index (χ1) is 11.6. The third-order valence-corrected chi connectivity index (χ3v) is 4.43. The summed E-state index contributed by atoms with van der Waals surface area (Å²) in [5.41, 5.74) is 1.22. The van der Waals surface area contributed by atoms with E-state index in [0.29, 0.717) is 38.1 Å². The number of carbonyl (C=O) groups excluding carboxylic acids is 3. The summed E-state index contributed by atoms with van der Waals surface area (Å²) >= 11 is 0. The van der Waals surface area contributed by atoms with Crippen molar-refractivity contribution in [1.29, 1.82) is 0 Å². The third kappa shape index (κ3) is 3.04. The Hall–Kier alpha value is -2.63. The first-order valence-corrected chi connectivity index (χ1v) is 8.18. The van der Waals surface area contributed by atoms with Crippen molar-refractivity contribution in [2.45, 2.75) is 19.8 Å². The van der Waals surface area contributed by atoms with Gasteiger partial charge in [-0.05, 0) is 25.8 Å². The van der Waals surface area contributed by atoms with E-state index in [-0.39, 0.29) is 11.9 Å². The van der Waals surface area contributed by atoms with Gasteiger partial charge in [0.05, 0.1) is 18.1 Å². The van der Waals surface area contributed by atoms with E-state index in [9.17, 15) is 14.4 Å². The highest BCUT2D eigenvalue weighted by Crippen LogP contribution is 2.22. The van der Waals surface area contributed by atoms with Gasteiger partial charge < -0.3 is 14.6 Å². The number of likely N-dealkylation sites (tertiary alicyclic amines) is 1. The van der Waals surface area contributed by atoms with E-state index in [1.807, 2.05) is 24.3 Å². The summed E-state index contributed by atoms with van der Waals surface area (Å²) < 4.78 is 5.02. The lowest BCUT2D eigenvalue weighted by molar-refractivity contribution is -0.150. The number of hydrogen-bond acceptors (Lipinski definition) is 4. The van der Waals surface area contributed by atoms with Crippen molar-refractivity contribution in [2.75, 3.05) is 19.7 Å². The minimum absolute atomic E-state index is 0.183. The van der Waals surface area contributed by atoms with Crippen LogP contribution in [-0.4, -0.2) is 47.2 Å². The number of Topliss-reactive ketones (excluding diaryl/α,β-unsaturated/α-hetero) is 1. The van der Waals surface area contributed by atoms with Crippen LogP contribution in [0.2, 0.25) is 0 Å². The highest BCUT2D eigenvalue weighted by Gasteiger charge is 2.31. The zero-order valence-electron chi connectivity index (χ0n) is 13.6. The first-order valence-electron chi connectivity index (χ1n) is 8.18. The van der Waals surface area contributed by atoms with E-state index >= 15 is 0 Å². The van der Waals surface area contributed by atoms with E-state index in [4.69, 9.17) is 4.74 Å². The van der Waals surface area contributed by atoms with E-state index in [2.05, 4.69) is 4.98 Å². The second-order valence-corrected chi connectivity index (χ2v) is 5.90. The first kappa shape index (κ1) is 16.2. The fraction of sp³-hybridized carbons (Fsp3) is 0.389. The van der Waals surface area contributed by atoms with Crippen molar-refractivity contribution >= 4 is 28.6 Å². The van der Waals surface area contributed by atoms with Crippen LogP contribution in [0.1, 0.15) is 30.1 Å². The van der Waals surface area contributed by atoms with Crippen molar-refractivity contribution < 1.29 is 19.1 Å². The molecule has 0 aliphatic carbocycles.